The van der Waals surface area contributed by atoms with Gasteiger partial charge in [0.05, 0.1) is 4.90 Å². The van der Waals surface area contributed by atoms with E-state index in [1.165, 1.54) is 12.8 Å². The molecule has 0 N–H and O–H groups in total. The molecule has 4 nitrogen and oxygen atoms in total. The van der Waals surface area contributed by atoms with Gasteiger partial charge in [-0.25, -0.2) is 8.42 Å². The summed E-state index contributed by atoms with van der Waals surface area (Å²) in [6.07, 6.45) is 10.5. The third-order valence-corrected chi connectivity index (χ3v) is 7.89. The van der Waals surface area contributed by atoms with Crippen molar-refractivity contribution in [2.45, 2.75) is 43.0 Å². The minimum atomic E-state index is -3.38. The number of terminal acetylenes is 1. The van der Waals surface area contributed by atoms with E-state index >= 15 is 0 Å². The maximum absolute atomic E-state index is 12.8. The largest absolute Gasteiger partial charge is 0.300 e. The lowest BCUT2D eigenvalue weighted by Crippen LogP contribution is -2.48. The van der Waals surface area contributed by atoms with Gasteiger partial charge in [-0.05, 0) is 69.0 Å². The zero-order chi connectivity index (χ0) is 17.9. The van der Waals surface area contributed by atoms with E-state index < -0.39 is 10.0 Å². The fraction of sp³-hybridized carbons (Fsp3) is 0.579. The number of sulfonamides is 1. The van der Waals surface area contributed by atoms with Crippen molar-refractivity contribution in [2.24, 2.45) is 5.92 Å². The van der Waals surface area contributed by atoms with Crippen LogP contribution in [-0.2, 0) is 10.0 Å². The van der Waals surface area contributed by atoms with Crippen molar-refractivity contribution in [1.82, 2.24) is 9.21 Å². The van der Waals surface area contributed by atoms with Crippen molar-refractivity contribution in [2.75, 3.05) is 26.2 Å². The second-order valence-corrected chi connectivity index (χ2v) is 9.83. The Balaban J connectivity index is 1.55. The number of benzene rings is 1. The smallest absolute Gasteiger partial charge is 0.243 e. The molecule has 2 aliphatic rings. The van der Waals surface area contributed by atoms with E-state index in [0.717, 1.165) is 36.8 Å². The van der Waals surface area contributed by atoms with Crippen LogP contribution in [0.1, 0.15) is 32.1 Å². The molecule has 0 aliphatic carbocycles. The van der Waals surface area contributed by atoms with Crippen LogP contribution < -0.4 is 0 Å². The quantitative estimate of drug-likeness (QED) is 0.695. The van der Waals surface area contributed by atoms with Gasteiger partial charge < -0.3 is 4.90 Å². The molecule has 0 aromatic heterocycles. The van der Waals surface area contributed by atoms with Gasteiger partial charge in [0.25, 0.3) is 0 Å². The average Bonchev–Trinajstić information content (AvgIpc) is 2.63. The molecule has 2 aliphatic heterocycles. The molecule has 1 aromatic rings. The van der Waals surface area contributed by atoms with Crippen LogP contribution in [0.15, 0.2) is 33.6 Å². The zero-order valence-electron chi connectivity index (χ0n) is 14.4. The summed E-state index contributed by atoms with van der Waals surface area (Å²) in [5.74, 6) is 3.44. The number of likely N-dealkylation sites (tertiary alicyclic amines) is 1. The highest BCUT2D eigenvalue weighted by Gasteiger charge is 2.32. The molecule has 136 valence electrons. The highest BCUT2D eigenvalue weighted by molar-refractivity contribution is 9.10. The summed E-state index contributed by atoms with van der Waals surface area (Å²) in [6, 6.07) is 7.40. The monoisotopic (exact) mass is 424 g/mol. The number of hydrogen-bond donors (Lipinski definition) is 0. The van der Waals surface area contributed by atoms with Crippen LogP contribution >= 0.6 is 15.9 Å². The van der Waals surface area contributed by atoms with E-state index in [-0.39, 0.29) is 0 Å². The molecule has 0 radical (unpaired) electrons. The highest BCUT2D eigenvalue weighted by atomic mass is 79.9. The molecule has 2 heterocycles. The predicted molar refractivity (Wildman–Crippen MR) is 104 cm³/mol. The lowest BCUT2D eigenvalue weighted by molar-refractivity contribution is 0.0980. The Morgan fingerprint density at radius 2 is 1.64 bits per heavy atom. The minimum absolute atomic E-state index is 0.379. The van der Waals surface area contributed by atoms with Gasteiger partial charge in [-0.1, -0.05) is 15.9 Å². The van der Waals surface area contributed by atoms with Gasteiger partial charge >= 0.3 is 0 Å². The summed E-state index contributed by atoms with van der Waals surface area (Å²) >= 11 is 3.35. The van der Waals surface area contributed by atoms with E-state index in [1.807, 2.05) is 0 Å². The fourth-order valence-corrected chi connectivity index (χ4v) is 5.63. The Hall–Kier alpha value is -0.870. The highest BCUT2D eigenvalue weighted by Crippen LogP contribution is 2.28. The van der Waals surface area contributed by atoms with Crippen molar-refractivity contribution in [1.29, 1.82) is 0 Å². The molecular formula is C19H25BrN2O2S. The van der Waals surface area contributed by atoms with Gasteiger partial charge in [0.2, 0.25) is 10.0 Å². The molecule has 0 bridgehead atoms. The molecular weight excluding hydrogens is 400 g/mol. The lowest BCUT2D eigenvalue weighted by Gasteiger charge is -2.41. The maximum Gasteiger partial charge on any atom is 0.243 e. The van der Waals surface area contributed by atoms with Gasteiger partial charge in [-0.15, -0.1) is 12.3 Å². The van der Waals surface area contributed by atoms with Gasteiger partial charge in [0, 0.05) is 30.0 Å². The van der Waals surface area contributed by atoms with Crippen LogP contribution in [0.3, 0.4) is 0 Å². The molecule has 2 fully saturated rings. The van der Waals surface area contributed by atoms with E-state index in [2.05, 4.69) is 26.8 Å². The molecule has 0 unspecified atom stereocenters. The summed E-state index contributed by atoms with van der Waals surface area (Å²) < 4.78 is 28.1. The van der Waals surface area contributed by atoms with Crippen LogP contribution in [0, 0.1) is 18.3 Å². The first-order valence-electron chi connectivity index (χ1n) is 8.94. The summed E-state index contributed by atoms with van der Waals surface area (Å²) in [5.41, 5.74) is 0. The topological polar surface area (TPSA) is 40.6 Å². The number of rotatable bonds is 4. The van der Waals surface area contributed by atoms with E-state index in [1.54, 1.807) is 28.6 Å². The van der Waals surface area contributed by atoms with Crippen molar-refractivity contribution in [3.63, 3.8) is 0 Å². The van der Waals surface area contributed by atoms with E-state index in [0.29, 0.717) is 29.9 Å². The van der Waals surface area contributed by atoms with Gasteiger partial charge in [-0.2, -0.15) is 4.31 Å². The summed E-state index contributed by atoms with van der Waals surface area (Å²) in [4.78, 5) is 2.92. The van der Waals surface area contributed by atoms with Crippen molar-refractivity contribution in [3.8, 4) is 12.3 Å². The first-order valence-corrected chi connectivity index (χ1v) is 11.2. The van der Waals surface area contributed by atoms with Crippen molar-refractivity contribution < 1.29 is 8.42 Å². The molecule has 0 spiro atoms. The molecule has 0 saturated carbocycles. The second kappa shape index (κ2) is 8.22. The van der Waals surface area contributed by atoms with Crippen LogP contribution in [0.5, 0.6) is 0 Å². The normalized spacial score (nSPS) is 21.9. The predicted octanol–water partition coefficient (Wildman–Crippen LogP) is 3.34. The summed E-state index contributed by atoms with van der Waals surface area (Å²) in [6.45, 7) is 3.40. The van der Waals surface area contributed by atoms with E-state index in [4.69, 9.17) is 6.42 Å². The SMILES string of the molecule is C#CCC1CCN(C2CCN(S(=O)(=O)c3ccc(Br)cc3)CC2)CC1. The first kappa shape index (κ1) is 18.9. The Morgan fingerprint density at radius 1 is 1.04 bits per heavy atom. The van der Waals surface area contributed by atoms with Crippen molar-refractivity contribution in [3.05, 3.63) is 28.7 Å². The van der Waals surface area contributed by atoms with Crippen LogP contribution in [0.2, 0.25) is 0 Å². The molecule has 25 heavy (non-hydrogen) atoms. The molecule has 6 heteroatoms. The molecule has 0 atom stereocenters. The maximum atomic E-state index is 12.8. The number of hydrogen-bond acceptors (Lipinski definition) is 3. The standard InChI is InChI=1S/C19H25BrN2O2S/c1-2-3-16-8-12-21(13-9-16)18-10-14-22(15-11-18)25(23,24)19-6-4-17(20)5-7-19/h1,4-7,16,18H,3,8-15H2. The zero-order valence-corrected chi connectivity index (χ0v) is 16.8. The van der Waals surface area contributed by atoms with Crippen LogP contribution in [-0.4, -0.2) is 49.8 Å². The van der Waals surface area contributed by atoms with Crippen LogP contribution in [0.4, 0.5) is 0 Å². The Morgan fingerprint density at radius 3 is 2.20 bits per heavy atom. The first-order chi connectivity index (χ1) is 12.0. The summed E-state index contributed by atoms with van der Waals surface area (Å²) in [5, 5.41) is 0. The molecule has 0 amide bonds. The van der Waals surface area contributed by atoms with Crippen LogP contribution in [0.25, 0.3) is 0 Å². The minimum Gasteiger partial charge on any atom is -0.300 e. The number of nitrogens with zero attached hydrogens (tertiary/aromatic N) is 2. The Labute approximate surface area is 159 Å². The molecule has 1 aromatic carbocycles. The van der Waals surface area contributed by atoms with Gasteiger partial charge in [-0.3, -0.25) is 0 Å². The third-order valence-electron chi connectivity index (χ3n) is 5.45. The van der Waals surface area contributed by atoms with Gasteiger partial charge in [0.15, 0.2) is 0 Å². The average molecular weight is 425 g/mol. The summed E-state index contributed by atoms with van der Waals surface area (Å²) in [7, 11) is -3.38. The number of piperidine rings is 2. The lowest BCUT2D eigenvalue weighted by atomic mass is 9.92. The fourth-order valence-electron chi connectivity index (χ4n) is 3.89. The second-order valence-electron chi connectivity index (χ2n) is 6.98. The third kappa shape index (κ3) is 4.46. The molecule has 2 saturated heterocycles. The Bertz CT molecular complexity index is 711. The Kier molecular flexibility index (Phi) is 6.21. The molecule has 3 rings (SSSR count). The van der Waals surface area contributed by atoms with E-state index in [9.17, 15) is 8.42 Å². The van der Waals surface area contributed by atoms with Crippen molar-refractivity contribution >= 4 is 26.0 Å². The van der Waals surface area contributed by atoms with Gasteiger partial charge in [0.1, 0.15) is 0 Å². The number of halogens is 1.